The molecule has 4 nitrogen and oxygen atoms in total. The van der Waals surface area contributed by atoms with Gasteiger partial charge in [-0.25, -0.2) is 9.07 Å². The van der Waals surface area contributed by atoms with Crippen LogP contribution in [0.25, 0.3) is 5.69 Å². The summed E-state index contributed by atoms with van der Waals surface area (Å²) in [7, 11) is 0. The summed E-state index contributed by atoms with van der Waals surface area (Å²) < 4.78 is 14.8. The number of hydrogen-bond acceptors (Lipinski definition) is 2. The van der Waals surface area contributed by atoms with Crippen molar-refractivity contribution in [1.29, 1.82) is 0 Å². The van der Waals surface area contributed by atoms with Crippen LogP contribution in [-0.2, 0) is 0 Å². The van der Waals surface area contributed by atoms with Crippen molar-refractivity contribution in [3.8, 4) is 5.69 Å². The van der Waals surface area contributed by atoms with Crippen molar-refractivity contribution in [2.24, 2.45) is 4.99 Å². The van der Waals surface area contributed by atoms with E-state index in [9.17, 15) is 9.18 Å². The minimum Gasteiger partial charge on any atom is -0.295 e. The van der Waals surface area contributed by atoms with Gasteiger partial charge in [0.2, 0.25) is 0 Å². The summed E-state index contributed by atoms with van der Waals surface area (Å²) in [6, 6.07) is 13.7. The Bertz CT molecular complexity index is 923. The Morgan fingerprint density at radius 1 is 1.13 bits per heavy atom. The molecule has 0 radical (unpaired) electrons. The molecule has 3 rings (SSSR count). The molecule has 0 fully saturated rings. The van der Waals surface area contributed by atoms with Crippen molar-refractivity contribution in [2.45, 2.75) is 13.8 Å². The van der Waals surface area contributed by atoms with Crippen molar-refractivity contribution in [3.05, 3.63) is 81.5 Å². The molecule has 1 aromatic heterocycles. The summed E-state index contributed by atoms with van der Waals surface area (Å²) in [6.07, 6.45) is 1.48. The van der Waals surface area contributed by atoms with Gasteiger partial charge in [-0.2, -0.15) is 0 Å². The molecule has 0 unspecified atom stereocenters. The Balaban J connectivity index is 2.02. The van der Waals surface area contributed by atoms with Gasteiger partial charge in [-0.05, 0) is 43.7 Å². The minimum atomic E-state index is -0.352. The van der Waals surface area contributed by atoms with Crippen molar-refractivity contribution in [1.82, 2.24) is 9.78 Å². The van der Waals surface area contributed by atoms with Crippen LogP contribution in [0.1, 0.15) is 16.8 Å². The molecular formula is C18H16FN3O. The van der Waals surface area contributed by atoms with Crippen LogP contribution in [-0.4, -0.2) is 16.0 Å². The molecule has 0 spiro atoms. The highest BCUT2D eigenvalue weighted by atomic mass is 19.1. The number of aromatic amines is 1. The van der Waals surface area contributed by atoms with Crippen LogP contribution >= 0.6 is 0 Å². The average Bonchev–Trinajstić information content (AvgIpc) is 2.84. The quantitative estimate of drug-likeness (QED) is 0.737. The minimum absolute atomic E-state index is 0.188. The Morgan fingerprint density at radius 2 is 1.87 bits per heavy atom. The van der Waals surface area contributed by atoms with Crippen LogP contribution in [0.3, 0.4) is 0 Å². The standard InChI is InChI=1S/C18H16FN3O/c1-12-8-9-14(19)10-17(12)20-11-16-13(2)21-22(18(16)23)15-6-4-3-5-7-15/h3-11,21H,1-2H3. The smallest absolute Gasteiger partial charge is 0.280 e. The number of aryl methyl sites for hydroxylation is 2. The van der Waals surface area contributed by atoms with E-state index in [1.165, 1.54) is 23.0 Å². The van der Waals surface area contributed by atoms with E-state index in [4.69, 9.17) is 0 Å². The number of nitrogens with zero attached hydrogens (tertiary/aromatic N) is 2. The summed E-state index contributed by atoms with van der Waals surface area (Å²) in [5, 5.41) is 3.03. The molecule has 0 saturated heterocycles. The Kier molecular flexibility index (Phi) is 3.93. The van der Waals surface area contributed by atoms with Crippen molar-refractivity contribution < 1.29 is 4.39 Å². The monoisotopic (exact) mass is 309 g/mol. The van der Waals surface area contributed by atoms with Crippen LogP contribution in [0, 0.1) is 19.7 Å². The number of aliphatic imine (C=N–C) groups is 1. The van der Waals surface area contributed by atoms with Crippen molar-refractivity contribution in [3.63, 3.8) is 0 Å². The predicted octanol–water partition coefficient (Wildman–Crippen LogP) is 3.67. The molecule has 1 N–H and O–H groups in total. The van der Waals surface area contributed by atoms with E-state index in [1.54, 1.807) is 13.0 Å². The molecule has 0 atom stereocenters. The molecule has 0 saturated carbocycles. The molecule has 0 aliphatic rings. The Labute approximate surface area is 132 Å². The largest absolute Gasteiger partial charge is 0.295 e. The van der Waals surface area contributed by atoms with Gasteiger partial charge in [0.1, 0.15) is 5.82 Å². The normalized spacial score (nSPS) is 11.3. The van der Waals surface area contributed by atoms with E-state index >= 15 is 0 Å². The molecule has 23 heavy (non-hydrogen) atoms. The summed E-state index contributed by atoms with van der Waals surface area (Å²) in [5.74, 6) is -0.352. The predicted molar refractivity (Wildman–Crippen MR) is 89.5 cm³/mol. The Hall–Kier alpha value is -2.95. The van der Waals surface area contributed by atoms with E-state index in [2.05, 4.69) is 10.1 Å². The van der Waals surface area contributed by atoms with Gasteiger partial charge < -0.3 is 0 Å². The summed E-state index contributed by atoms with van der Waals surface area (Å²) in [5.41, 5.74) is 3.08. The third-order valence-electron chi connectivity index (χ3n) is 3.64. The molecule has 3 aromatic rings. The summed E-state index contributed by atoms with van der Waals surface area (Å²) in [4.78, 5) is 16.8. The second-order valence-corrected chi connectivity index (χ2v) is 5.32. The number of nitrogens with one attached hydrogen (secondary N) is 1. The van der Waals surface area contributed by atoms with Crippen molar-refractivity contribution in [2.75, 3.05) is 0 Å². The van der Waals surface area contributed by atoms with Crippen LogP contribution in [0.2, 0.25) is 0 Å². The lowest BCUT2D eigenvalue weighted by Gasteiger charge is -1.99. The fourth-order valence-electron chi connectivity index (χ4n) is 2.33. The average molecular weight is 309 g/mol. The molecule has 0 aliphatic heterocycles. The Morgan fingerprint density at radius 3 is 2.61 bits per heavy atom. The second kappa shape index (κ2) is 6.04. The van der Waals surface area contributed by atoms with Gasteiger partial charge in [0.05, 0.1) is 16.9 Å². The van der Waals surface area contributed by atoms with Crippen LogP contribution in [0.5, 0.6) is 0 Å². The van der Waals surface area contributed by atoms with Gasteiger partial charge in [-0.1, -0.05) is 24.3 Å². The van der Waals surface area contributed by atoms with Crippen LogP contribution < -0.4 is 5.56 Å². The van der Waals surface area contributed by atoms with Gasteiger partial charge in [0, 0.05) is 11.9 Å². The number of hydrogen-bond donors (Lipinski definition) is 1. The lowest BCUT2D eigenvalue weighted by molar-refractivity contribution is 0.628. The van der Waals surface area contributed by atoms with E-state index in [0.717, 1.165) is 11.3 Å². The molecule has 2 aromatic carbocycles. The fourth-order valence-corrected chi connectivity index (χ4v) is 2.33. The molecule has 1 heterocycles. The molecule has 0 aliphatic carbocycles. The fraction of sp³-hybridized carbons (Fsp3) is 0.111. The lowest BCUT2D eigenvalue weighted by Crippen LogP contribution is -2.17. The van der Waals surface area contributed by atoms with Gasteiger partial charge in [-0.15, -0.1) is 0 Å². The number of halogens is 1. The first-order chi connectivity index (χ1) is 11.1. The first kappa shape index (κ1) is 15.0. The maximum absolute atomic E-state index is 13.3. The third kappa shape index (κ3) is 2.99. The first-order valence-electron chi connectivity index (χ1n) is 7.23. The van der Waals surface area contributed by atoms with Gasteiger partial charge >= 0.3 is 0 Å². The highest BCUT2D eigenvalue weighted by Crippen LogP contribution is 2.19. The zero-order valence-electron chi connectivity index (χ0n) is 12.9. The number of aromatic nitrogens is 2. The zero-order chi connectivity index (χ0) is 16.4. The van der Waals surface area contributed by atoms with Gasteiger partial charge in [0.25, 0.3) is 5.56 Å². The van der Waals surface area contributed by atoms with E-state index in [0.29, 0.717) is 16.9 Å². The highest BCUT2D eigenvalue weighted by molar-refractivity contribution is 5.83. The summed E-state index contributed by atoms with van der Waals surface area (Å²) >= 11 is 0. The number of para-hydroxylation sites is 1. The first-order valence-corrected chi connectivity index (χ1v) is 7.23. The maximum Gasteiger partial charge on any atom is 0.280 e. The third-order valence-corrected chi connectivity index (χ3v) is 3.64. The van der Waals surface area contributed by atoms with Gasteiger partial charge in [0.15, 0.2) is 0 Å². The summed E-state index contributed by atoms with van der Waals surface area (Å²) in [6.45, 7) is 3.65. The molecule has 0 bridgehead atoms. The van der Waals surface area contributed by atoms with E-state index < -0.39 is 0 Å². The number of rotatable bonds is 3. The number of H-pyrrole nitrogens is 1. The zero-order valence-corrected chi connectivity index (χ0v) is 12.9. The SMILES string of the molecule is Cc1ccc(F)cc1N=Cc1c(C)[nH]n(-c2ccccc2)c1=O. The number of benzene rings is 2. The highest BCUT2D eigenvalue weighted by Gasteiger charge is 2.10. The topological polar surface area (TPSA) is 50.1 Å². The molecule has 0 amide bonds. The molecule has 116 valence electrons. The lowest BCUT2D eigenvalue weighted by atomic mass is 10.2. The molecule has 5 heteroatoms. The van der Waals surface area contributed by atoms with Gasteiger partial charge in [-0.3, -0.25) is 14.9 Å². The van der Waals surface area contributed by atoms with Crippen LogP contribution in [0.15, 0.2) is 58.3 Å². The second-order valence-electron chi connectivity index (χ2n) is 5.32. The molecular weight excluding hydrogens is 293 g/mol. The van der Waals surface area contributed by atoms with E-state index in [1.807, 2.05) is 37.3 Å². The van der Waals surface area contributed by atoms with Crippen LogP contribution in [0.4, 0.5) is 10.1 Å². The maximum atomic E-state index is 13.3. The van der Waals surface area contributed by atoms with E-state index in [-0.39, 0.29) is 11.4 Å². The van der Waals surface area contributed by atoms with Crippen molar-refractivity contribution >= 4 is 11.9 Å².